The van der Waals surface area contributed by atoms with Crippen molar-refractivity contribution in [3.05, 3.63) is 95.6 Å². The molecule has 3 rings (SSSR count). The van der Waals surface area contributed by atoms with Crippen LogP contribution in [0, 0.1) is 0 Å². The molecule has 3 aromatic rings. The summed E-state index contributed by atoms with van der Waals surface area (Å²) in [6, 6.07) is 24.1. The van der Waals surface area contributed by atoms with Crippen molar-refractivity contribution < 1.29 is 23.8 Å². The first-order valence-electron chi connectivity index (χ1n) is 10.0. The van der Waals surface area contributed by atoms with Crippen molar-refractivity contribution in [2.45, 2.75) is 19.4 Å². The highest BCUT2D eigenvalue weighted by atomic mass is 16.5. The average Bonchev–Trinajstić information content (AvgIpc) is 2.80. The summed E-state index contributed by atoms with van der Waals surface area (Å²) in [4.78, 5) is 23.1. The van der Waals surface area contributed by atoms with Gasteiger partial charge in [-0.2, -0.15) is 0 Å². The van der Waals surface area contributed by atoms with E-state index in [1.165, 1.54) is 0 Å². The van der Waals surface area contributed by atoms with Crippen molar-refractivity contribution in [2.24, 2.45) is 5.73 Å². The number of ether oxygens (including phenoxy) is 3. The maximum absolute atomic E-state index is 12.1. The zero-order valence-electron chi connectivity index (χ0n) is 17.2. The van der Waals surface area contributed by atoms with Crippen molar-refractivity contribution in [2.75, 3.05) is 13.2 Å². The van der Waals surface area contributed by atoms with Crippen molar-refractivity contribution in [3.8, 4) is 11.5 Å². The Kier molecular flexibility index (Phi) is 8.05. The zero-order chi connectivity index (χ0) is 21.9. The van der Waals surface area contributed by atoms with Gasteiger partial charge in [-0.15, -0.1) is 0 Å². The maximum atomic E-state index is 12.1. The van der Waals surface area contributed by atoms with E-state index in [4.69, 9.17) is 19.9 Å². The van der Waals surface area contributed by atoms with Crippen molar-refractivity contribution in [1.29, 1.82) is 0 Å². The molecule has 0 unspecified atom stereocenters. The number of hydrogen-bond acceptors (Lipinski definition) is 5. The monoisotopic (exact) mass is 419 g/mol. The molecule has 0 aliphatic heterocycles. The number of rotatable bonds is 11. The van der Waals surface area contributed by atoms with Crippen LogP contribution >= 0.6 is 0 Å². The fraction of sp³-hybridized carbons (Fsp3) is 0.200. The van der Waals surface area contributed by atoms with E-state index in [9.17, 15) is 9.59 Å². The lowest BCUT2D eigenvalue weighted by atomic mass is 10.1. The van der Waals surface area contributed by atoms with Crippen LogP contribution in [0.25, 0.3) is 0 Å². The Morgan fingerprint density at radius 3 is 2.26 bits per heavy atom. The standard InChI is InChI=1S/C25H25NO5/c26-24(27)18-30-22-13-14-23(31-17-19-8-3-1-4-9-19)21(16-22)12-7-15-29-25(28)20-10-5-2-6-11-20/h1-6,8-11,13-14,16H,7,12,15,17-18H2,(H2,26,27). The molecule has 6 nitrogen and oxygen atoms in total. The van der Waals surface area contributed by atoms with Crippen LogP contribution in [0.5, 0.6) is 11.5 Å². The van der Waals surface area contributed by atoms with Gasteiger partial charge < -0.3 is 19.9 Å². The second kappa shape index (κ2) is 11.4. The number of esters is 1. The molecular formula is C25H25NO5. The molecule has 0 aliphatic carbocycles. The van der Waals surface area contributed by atoms with Gasteiger partial charge in [0.2, 0.25) is 0 Å². The van der Waals surface area contributed by atoms with Crippen LogP contribution < -0.4 is 15.2 Å². The Balaban J connectivity index is 1.60. The van der Waals surface area contributed by atoms with E-state index < -0.39 is 5.91 Å². The molecule has 160 valence electrons. The number of primary amides is 1. The van der Waals surface area contributed by atoms with E-state index in [-0.39, 0.29) is 19.2 Å². The number of nitrogens with two attached hydrogens (primary N) is 1. The third kappa shape index (κ3) is 7.19. The van der Waals surface area contributed by atoms with Gasteiger partial charge in [-0.3, -0.25) is 4.79 Å². The molecule has 6 heteroatoms. The van der Waals surface area contributed by atoms with Crippen LogP contribution in [0.3, 0.4) is 0 Å². The van der Waals surface area contributed by atoms with Crippen molar-refractivity contribution in [1.82, 2.24) is 0 Å². The van der Waals surface area contributed by atoms with Gasteiger partial charge in [0.05, 0.1) is 12.2 Å². The van der Waals surface area contributed by atoms with Gasteiger partial charge in [0.1, 0.15) is 18.1 Å². The molecule has 3 aromatic carbocycles. The number of hydrogen-bond donors (Lipinski definition) is 1. The minimum atomic E-state index is -0.543. The first kappa shape index (κ1) is 21.9. The number of aryl methyl sites for hydroxylation is 1. The first-order valence-corrected chi connectivity index (χ1v) is 10.0. The minimum absolute atomic E-state index is 0.196. The van der Waals surface area contributed by atoms with Crippen LogP contribution in [0.1, 0.15) is 27.9 Å². The summed E-state index contributed by atoms with van der Waals surface area (Å²) in [6.45, 7) is 0.509. The molecule has 0 aromatic heterocycles. The number of benzene rings is 3. The van der Waals surface area contributed by atoms with Gasteiger partial charge in [0.25, 0.3) is 5.91 Å². The van der Waals surface area contributed by atoms with Gasteiger partial charge in [-0.1, -0.05) is 48.5 Å². The topological polar surface area (TPSA) is 87.9 Å². The Bertz CT molecular complexity index is 989. The summed E-state index contributed by atoms with van der Waals surface area (Å²) >= 11 is 0. The first-order chi connectivity index (χ1) is 15.1. The molecule has 0 aliphatic rings. The highest BCUT2D eigenvalue weighted by Crippen LogP contribution is 2.26. The quantitative estimate of drug-likeness (QED) is 0.376. The van der Waals surface area contributed by atoms with Gasteiger partial charge in [-0.05, 0) is 54.3 Å². The lowest BCUT2D eigenvalue weighted by Crippen LogP contribution is -2.20. The Morgan fingerprint density at radius 1 is 0.839 bits per heavy atom. The molecule has 0 fully saturated rings. The van der Waals surface area contributed by atoms with Gasteiger partial charge in [-0.25, -0.2) is 4.79 Å². The van der Waals surface area contributed by atoms with E-state index >= 15 is 0 Å². The number of amides is 1. The van der Waals surface area contributed by atoms with E-state index in [0.717, 1.165) is 11.1 Å². The predicted octanol–water partition coefficient (Wildman–Crippen LogP) is 3.92. The summed E-state index contributed by atoms with van der Waals surface area (Å²) in [7, 11) is 0. The summed E-state index contributed by atoms with van der Waals surface area (Å²) in [5, 5.41) is 0. The van der Waals surface area contributed by atoms with Crippen LogP contribution in [-0.2, 0) is 22.6 Å². The molecule has 1 amide bonds. The van der Waals surface area contributed by atoms with Crippen LogP contribution in [0.15, 0.2) is 78.9 Å². The summed E-state index contributed by atoms with van der Waals surface area (Å²) in [5.41, 5.74) is 7.63. The second-order valence-electron chi connectivity index (χ2n) is 6.90. The molecule has 0 saturated carbocycles. The van der Waals surface area contributed by atoms with Gasteiger partial charge in [0.15, 0.2) is 6.61 Å². The fourth-order valence-electron chi connectivity index (χ4n) is 2.96. The lowest BCUT2D eigenvalue weighted by Gasteiger charge is -2.14. The molecule has 31 heavy (non-hydrogen) atoms. The summed E-state index contributed by atoms with van der Waals surface area (Å²) < 4.78 is 16.8. The third-order valence-electron chi connectivity index (χ3n) is 4.48. The highest BCUT2D eigenvalue weighted by molar-refractivity contribution is 5.89. The smallest absolute Gasteiger partial charge is 0.338 e. The van der Waals surface area contributed by atoms with Gasteiger partial charge in [0, 0.05) is 0 Å². The maximum Gasteiger partial charge on any atom is 0.338 e. The summed E-state index contributed by atoms with van der Waals surface area (Å²) in [6.07, 6.45) is 1.22. The van der Waals surface area contributed by atoms with E-state index in [0.29, 0.717) is 36.5 Å². The number of carbonyl (C=O) groups is 2. The molecule has 0 heterocycles. The molecule has 0 atom stereocenters. The summed E-state index contributed by atoms with van der Waals surface area (Å²) in [5.74, 6) is 0.352. The molecule has 0 saturated heterocycles. The Hall–Kier alpha value is -3.80. The molecule has 0 bridgehead atoms. The van der Waals surface area contributed by atoms with Crippen molar-refractivity contribution >= 4 is 11.9 Å². The molecule has 0 radical (unpaired) electrons. The van der Waals surface area contributed by atoms with E-state index in [1.54, 1.807) is 30.3 Å². The van der Waals surface area contributed by atoms with Gasteiger partial charge >= 0.3 is 5.97 Å². The minimum Gasteiger partial charge on any atom is -0.489 e. The van der Waals surface area contributed by atoms with E-state index in [2.05, 4.69) is 0 Å². The molecule has 2 N–H and O–H groups in total. The van der Waals surface area contributed by atoms with Crippen molar-refractivity contribution in [3.63, 3.8) is 0 Å². The normalized spacial score (nSPS) is 10.3. The van der Waals surface area contributed by atoms with Crippen LogP contribution in [0.4, 0.5) is 0 Å². The van der Waals surface area contributed by atoms with Crippen LogP contribution in [0.2, 0.25) is 0 Å². The predicted molar refractivity (Wildman–Crippen MR) is 117 cm³/mol. The highest BCUT2D eigenvalue weighted by Gasteiger charge is 2.10. The fourth-order valence-corrected chi connectivity index (χ4v) is 2.96. The average molecular weight is 419 g/mol. The molecular weight excluding hydrogens is 394 g/mol. The Morgan fingerprint density at radius 2 is 1.55 bits per heavy atom. The Labute approximate surface area is 181 Å². The second-order valence-corrected chi connectivity index (χ2v) is 6.90. The lowest BCUT2D eigenvalue weighted by molar-refractivity contribution is -0.119. The largest absolute Gasteiger partial charge is 0.489 e. The van der Waals surface area contributed by atoms with E-state index in [1.807, 2.05) is 48.5 Å². The number of carbonyl (C=O) groups excluding carboxylic acids is 2. The third-order valence-corrected chi connectivity index (χ3v) is 4.48. The zero-order valence-corrected chi connectivity index (χ0v) is 17.2. The molecule has 0 spiro atoms. The van der Waals surface area contributed by atoms with Crippen LogP contribution in [-0.4, -0.2) is 25.1 Å². The SMILES string of the molecule is NC(=O)COc1ccc(OCc2ccccc2)c(CCCOC(=O)c2ccccc2)c1.